The number of hydrogen-bond donors (Lipinski definition) is 1. The van der Waals surface area contributed by atoms with Gasteiger partial charge in [0.2, 0.25) is 0 Å². The van der Waals surface area contributed by atoms with Gasteiger partial charge in [0, 0.05) is 12.7 Å². The van der Waals surface area contributed by atoms with E-state index in [0.29, 0.717) is 23.4 Å². The lowest BCUT2D eigenvalue weighted by molar-refractivity contribution is -0.00405. The van der Waals surface area contributed by atoms with Crippen molar-refractivity contribution >= 4 is 8.32 Å². The van der Waals surface area contributed by atoms with Gasteiger partial charge in [0.05, 0.1) is 0 Å². The van der Waals surface area contributed by atoms with Crippen molar-refractivity contribution in [3.8, 4) is 0 Å². The molecule has 2 rings (SSSR count). The van der Waals surface area contributed by atoms with Gasteiger partial charge < -0.3 is 9.53 Å². The smallest absolute Gasteiger partial charge is 0.192 e. The van der Waals surface area contributed by atoms with Crippen molar-refractivity contribution in [3.63, 3.8) is 0 Å². The lowest BCUT2D eigenvalue weighted by atomic mass is 9.63. The van der Waals surface area contributed by atoms with E-state index in [1.807, 2.05) is 0 Å². The zero-order valence-corrected chi connectivity index (χ0v) is 17.2. The molecule has 2 aliphatic rings. The van der Waals surface area contributed by atoms with Gasteiger partial charge in [-0.3, -0.25) is 0 Å². The van der Waals surface area contributed by atoms with E-state index in [9.17, 15) is 5.11 Å². The Morgan fingerprint density at radius 1 is 1.26 bits per heavy atom. The van der Waals surface area contributed by atoms with Crippen molar-refractivity contribution in [2.75, 3.05) is 6.61 Å². The fourth-order valence-electron chi connectivity index (χ4n) is 4.80. The summed E-state index contributed by atoms with van der Waals surface area (Å²) in [4.78, 5) is 0. The molecule has 2 aliphatic carbocycles. The van der Waals surface area contributed by atoms with E-state index in [1.54, 1.807) is 0 Å². The predicted molar refractivity (Wildman–Crippen MR) is 101 cm³/mol. The maximum atomic E-state index is 9.29. The number of fused-ring (bicyclic) bond motifs is 1. The third-order valence-corrected chi connectivity index (χ3v) is 11.7. The van der Waals surface area contributed by atoms with Crippen LogP contribution in [0.5, 0.6) is 0 Å². The number of hydrogen-bond acceptors (Lipinski definition) is 2. The highest BCUT2D eigenvalue weighted by molar-refractivity contribution is 6.74. The molecule has 2 nitrogen and oxygen atoms in total. The van der Waals surface area contributed by atoms with E-state index in [0.717, 1.165) is 6.42 Å². The second-order valence-corrected chi connectivity index (χ2v) is 14.4. The minimum atomic E-state index is -1.71. The topological polar surface area (TPSA) is 29.5 Å². The summed E-state index contributed by atoms with van der Waals surface area (Å²) in [6, 6.07) is 0. The standard InChI is InChI=1S/C20H38O2Si/c1-15(12-14-21)16-10-11-17-18(9-8-13-20(16,17)5)22-23(6,7)19(2,3)4/h16-18,21H,1,8-14H2,2-7H3/t16?,17?,18-,20+/m0/s1. The first-order valence-corrected chi connectivity index (χ1v) is 12.4. The van der Waals surface area contributed by atoms with Gasteiger partial charge in [-0.15, -0.1) is 0 Å². The molecule has 2 saturated carbocycles. The van der Waals surface area contributed by atoms with Gasteiger partial charge >= 0.3 is 0 Å². The summed E-state index contributed by atoms with van der Waals surface area (Å²) in [5.74, 6) is 1.25. The molecular formula is C20H38O2Si. The van der Waals surface area contributed by atoms with Crippen LogP contribution >= 0.6 is 0 Å². The van der Waals surface area contributed by atoms with Crippen LogP contribution in [-0.2, 0) is 4.43 Å². The van der Waals surface area contributed by atoms with E-state index >= 15 is 0 Å². The largest absolute Gasteiger partial charge is 0.414 e. The van der Waals surface area contributed by atoms with Crippen molar-refractivity contribution in [1.82, 2.24) is 0 Å². The third-order valence-electron chi connectivity index (χ3n) is 7.24. The molecule has 0 aliphatic heterocycles. The summed E-state index contributed by atoms with van der Waals surface area (Å²) in [6.07, 6.45) is 7.50. The summed E-state index contributed by atoms with van der Waals surface area (Å²) in [5, 5.41) is 9.57. The van der Waals surface area contributed by atoms with Crippen LogP contribution in [0.2, 0.25) is 18.1 Å². The van der Waals surface area contributed by atoms with Crippen LogP contribution in [0.3, 0.4) is 0 Å². The molecule has 0 heterocycles. The third kappa shape index (κ3) is 3.62. The second kappa shape index (κ2) is 6.65. The average Bonchev–Trinajstić information content (AvgIpc) is 2.75. The van der Waals surface area contributed by atoms with E-state index < -0.39 is 8.32 Å². The van der Waals surface area contributed by atoms with Crippen LogP contribution in [0.4, 0.5) is 0 Å². The molecule has 0 radical (unpaired) electrons. The quantitative estimate of drug-likeness (QED) is 0.527. The number of rotatable bonds is 5. The highest BCUT2D eigenvalue weighted by Gasteiger charge is 2.53. The van der Waals surface area contributed by atoms with Crippen LogP contribution in [0.25, 0.3) is 0 Å². The fourth-order valence-corrected chi connectivity index (χ4v) is 6.20. The summed E-state index contributed by atoms with van der Waals surface area (Å²) in [5.41, 5.74) is 1.60. The number of aliphatic hydroxyl groups is 1. The fraction of sp³-hybridized carbons (Fsp3) is 0.900. The van der Waals surface area contributed by atoms with Crippen LogP contribution in [0.1, 0.15) is 66.2 Å². The molecule has 0 saturated heterocycles. The maximum absolute atomic E-state index is 9.29. The Bertz CT molecular complexity index is 437. The van der Waals surface area contributed by atoms with Crippen LogP contribution in [0, 0.1) is 17.3 Å². The van der Waals surface area contributed by atoms with Crippen molar-refractivity contribution in [3.05, 3.63) is 12.2 Å². The molecule has 4 atom stereocenters. The summed E-state index contributed by atoms with van der Waals surface area (Å²) in [7, 11) is -1.71. The minimum absolute atomic E-state index is 0.236. The average molecular weight is 339 g/mol. The Morgan fingerprint density at radius 3 is 2.48 bits per heavy atom. The van der Waals surface area contributed by atoms with Gasteiger partial charge in [-0.2, -0.15) is 0 Å². The van der Waals surface area contributed by atoms with Gasteiger partial charge in [0.1, 0.15) is 0 Å². The molecule has 0 amide bonds. The molecule has 1 N–H and O–H groups in total. The minimum Gasteiger partial charge on any atom is -0.414 e. The van der Waals surface area contributed by atoms with Gasteiger partial charge in [-0.05, 0) is 67.5 Å². The highest BCUT2D eigenvalue weighted by atomic mass is 28.4. The SMILES string of the molecule is C=C(CCO)C1CCC2[C@@H](O[Si](C)(C)C(C)(C)C)CCC[C@]12C. The van der Waals surface area contributed by atoms with Crippen LogP contribution in [0.15, 0.2) is 12.2 Å². The van der Waals surface area contributed by atoms with Crippen molar-refractivity contribution < 1.29 is 9.53 Å². The van der Waals surface area contributed by atoms with Crippen molar-refractivity contribution in [1.29, 1.82) is 0 Å². The molecule has 3 heteroatoms. The van der Waals surface area contributed by atoms with E-state index in [-0.39, 0.29) is 11.6 Å². The van der Waals surface area contributed by atoms with E-state index in [1.165, 1.54) is 37.7 Å². The monoisotopic (exact) mass is 338 g/mol. The Kier molecular flexibility index (Phi) is 5.55. The van der Waals surface area contributed by atoms with Crippen molar-refractivity contribution in [2.24, 2.45) is 17.3 Å². The van der Waals surface area contributed by atoms with Gasteiger partial charge in [0.25, 0.3) is 0 Å². The first kappa shape index (κ1) is 19.2. The summed E-state index contributed by atoms with van der Waals surface area (Å²) >= 11 is 0. The molecule has 0 bridgehead atoms. The molecule has 0 aromatic carbocycles. The van der Waals surface area contributed by atoms with Crippen molar-refractivity contribution in [2.45, 2.75) is 90.5 Å². The summed E-state index contributed by atoms with van der Waals surface area (Å²) in [6.45, 7) is 18.8. The van der Waals surface area contributed by atoms with Crippen LogP contribution in [-0.4, -0.2) is 26.1 Å². The molecule has 0 spiro atoms. The Balaban J connectivity index is 2.16. The predicted octanol–water partition coefficient (Wildman–Crippen LogP) is 5.53. The first-order chi connectivity index (χ1) is 10.5. The zero-order chi connectivity index (χ0) is 17.5. The second-order valence-electron chi connectivity index (χ2n) is 9.68. The summed E-state index contributed by atoms with van der Waals surface area (Å²) < 4.78 is 6.87. The molecule has 23 heavy (non-hydrogen) atoms. The molecule has 134 valence electrons. The Hall–Kier alpha value is -0.123. The highest BCUT2D eigenvalue weighted by Crippen LogP contribution is 2.59. The van der Waals surface area contributed by atoms with Gasteiger partial charge in [0.15, 0.2) is 8.32 Å². The Labute approximate surface area is 144 Å². The van der Waals surface area contributed by atoms with Gasteiger partial charge in [-0.25, -0.2) is 0 Å². The maximum Gasteiger partial charge on any atom is 0.192 e. The Morgan fingerprint density at radius 2 is 1.91 bits per heavy atom. The lowest BCUT2D eigenvalue weighted by Crippen LogP contribution is -2.50. The zero-order valence-electron chi connectivity index (χ0n) is 16.2. The first-order valence-electron chi connectivity index (χ1n) is 9.49. The molecule has 0 aromatic heterocycles. The molecule has 0 aromatic rings. The molecule has 2 fully saturated rings. The number of aliphatic hydroxyl groups excluding tert-OH is 1. The van der Waals surface area contributed by atoms with Crippen LogP contribution < -0.4 is 0 Å². The van der Waals surface area contributed by atoms with E-state index in [2.05, 4.69) is 47.4 Å². The van der Waals surface area contributed by atoms with E-state index in [4.69, 9.17) is 4.43 Å². The lowest BCUT2D eigenvalue weighted by Gasteiger charge is -2.49. The normalized spacial score (nSPS) is 35.2. The molecule has 2 unspecified atom stereocenters. The van der Waals surface area contributed by atoms with Gasteiger partial charge in [-0.1, -0.05) is 46.3 Å². The molecular weight excluding hydrogens is 300 g/mol.